The van der Waals surface area contributed by atoms with Crippen molar-refractivity contribution in [2.24, 2.45) is 0 Å². The molecule has 0 aromatic heterocycles. The Kier molecular flexibility index (Phi) is 44.0. The fraction of sp³-hybridized carbons (Fsp3) is 0.467. The van der Waals surface area contributed by atoms with Crippen LogP contribution in [0.3, 0.4) is 0 Å². The van der Waals surface area contributed by atoms with Crippen molar-refractivity contribution in [2.45, 2.75) is 259 Å². The highest BCUT2D eigenvalue weighted by molar-refractivity contribution is 7.83. The number of rotatable bonds is 44. The predicted molar refractivity (Wildman–Crippen MR) is 556 cm³/mol. The minimum atomic E-state index is -0.0783. The molecule has 0 fully saturated rings. The van der Waals surface area contributed by atoms with E-state index in [1.54, 1.807) is 50.7 Å². The molecule has 10 aromatic carbocycles. The predicted octanol–water partition coefficient (Wildman–Crippen LogP) is 30.2. The summed E-state index contributed by atoms with van der Waals surface area (Å²) in [6, 6.07) is 48.6. The van der Waals surface area contributed by atoms with Gasteiger partial charge in [-0.1, -0.05) is 292 Å². The lowest BCUT2D eigenvalue weighted by molar-refractivity contribution is 0.440. The van der Waals surface area contributed by atoms with E-state index in [0.717, 1.165) is 106 Å². The third kappa shape index (κ3) is 32.5. The molecular weight excluding hydrogens is 1680 g/mol. The Bertz CT molecular complexity index is 4890. The zero-order valence-electron chi connectivity index (χ0n) is 77.9. The lowest BCUT2D eigenvalue weighted by atomic mass is 9.93. The second-order valence-electron chi connectivity index (χ2n) is 35.0. The number of ether oxygens (including phenoxy) is 4. The fourth-order valence-electron chi connectivity index (χ4n) is 15.7. The molecule has 0 aliphatic rings. The second kappa shape index (κ2) is 54.0. The zero-order chi connectivity index (χ0) is 91.2. The van der Waals surface area contributed by atoms with E-state index < -0.39 is 0 Å². The molecule has 13 nitrogen and oxygen atoms in total. The molecule has 0 aliphatic carbocycles. The summed E-state index contributed by atoms with van der Waals surface area (Å²) >= 11 is 33.1. The number of benzene rings is 10. The van der Waals surface area contributed by atoms with Crippen molar-refractivity contribution >= 4 is 141 Å². The summed E-state index contributed by atoms with van der Waals surface area (Å²) in [5.74, 6) is 2.00. The molecule has 0 radical (unpaired) electrons. The third-order valence-corrected chi connectivity index (χ3v) is 25.8. The van der Waals surface area contributed by atoms with E-state index in [1.165, 1.54) is 214 Å². The average Bonchev–Trinajstić information content (AvgIpc) is 0.752. The molecule has 0 spiro atoms. The number of thiocarbonyl (C=S) groups is 5. The highest BCUT2D eigenvalue weighted by Crippen LogP contribution is 2.50. The number of aryl methyl sites for hydroxylation is 4. The summed E-state index contributed by atoms with van der Waals surface area (Å²) < 4.78 is 27.0. The Labute approximate surface area is 786 Å². The van der Waals surface area contributed by atoms with E-state index in [2.05, 4.69) is 125 Å². The van der Waals surface area contributed by atoms with Crippen LogP contribution in [0.2, 0.25) is 0 Å². The summed E-state index contributed by atoms with van der Waals surface area (Å²) in [7, 11) is 18.6. The quantitative estimate of drug-likeness (QED) is 0.00948. The Balaban J connectivity index is 0.000000306. The standard InChI is InChI=1S/C58H78N4O4S4.C46H58O4.C3H6ClNS/c1-11-13-15-17-19-21-23-25-27-41-29-31-43-37-51(63-55(67)59(3)4)47(35-45(43)33-41)49-39-54(66-58(70)62(9)10)50(40-53(49)65-57(69)61(7)8)48-36-46-34-42(28-26-24-22-20-18-16-14-12-2)30-32-44(46)38-52(48)64-56(68)60(5)6;1-3-5-7-9-11-13-15-17-19-33-21-23-35-29-43(47)39(27-37(35)25-33)41-31-46(50)42(32-45(41)49)40-28-38-26-34(22-24-36(38)30-44(40)48)20-18-16-14-12-10-8-6-4-2;1-5(2)3(4)6/h29-40H,11-28H2,1-10H3;21-32,47-50H,3-20H2,1-2H3;1-2H3. The SMILES string of the molecule is CCCCCCCCCCc1ccc2cc(O)c(-c3cc(O)c(-c4cc5cc(CCCCCCCCCC)ccc5cc4O)cc3O)cc2c1.CCCCCCCCCCc1ccc2cc(OC(=S)N(C)C)c(-c3cc(OC(=S)N(C)C)c(-c4cc5cc(CCCCCCCCCC)ccc5cc4OC(=S)N(C)C)cc3OC(=S)N(C)C)cc2c1.CN(C)C(=S)Cl. The van der Waals surface area contributed by atoms with Gasteiger partial charge in [0.15, 0.2) is 4.45 Å². The van der Waals surface area contributed by atoms with Crippen LogP contribution in [-0.2, 0) is 25.7 Å². The van der Waals surface area contributed by atoms with Gasteiger partial charge in [0, 0.05) is 115 Å². The number of unbranched alkanes of at least 4 members (excludes halogenated alkanes) is 28. The molecule has 0 amide bonds. The molecule has 126 heavy (non-hydrogen) atoms. The third-order valence-electron chi connectivity index (χ3n) is 23.3. The van der Waals surface area contributed by atoms with Gasteiger partial charge in [-0.15, -0.1) is 0 Å². The van der Waals surface area contributed by atoms with Gasteiger partial charge in [0.2, 0.25) is 0 Å². The maximum Gasteiger partial charge on any atom is 0.264 e. The van der Waals surface area contributed by atoms with Crippen LogP contribution in [0.15, 0.2) is 146 Å². The highest BCUT2D eigenvalue weighted by Gasteiger charge is 2.27. The maximum absolute atomic E-state index is 11.3. The molecule has 10 rings (SSSR count). The number of fused-ring (bicyclic) bond motifs is 4. The van der Waals surface area contributed by atoms with Gasteiger partial charge < -0.3 is 63.9 Å². The van der Waals surface area contributed by atoms with Crippen LogP contribution in [0.4, 0.5) is 0 Å². The number of hydrogen-bond acceptors (Lipinski definition) is 13. The summed E-state index contributed by atoms with van der Waals surface area (Å²) in [5.41, 5.74) is 9.55. The molecule has 10 aromatic rings. The zero-order valence-corrected chi connectivity index (χ0v) is 82.7. The number of phenolic OH excluding ortho intramolecular Hbond substituents is 4. The fourth-order valence-corrected chi connectivity index (χ4v) is 16.1. The van der Waals surface area contributed by atoms with E-state index in [1.807, 2.05) is 92.8 Å². The van der Waals surface area contributed by atoms with Gasteiger partial charge in [-0.2, -0.15) is 0 Å². The van der Waals surface area contributed by atoms with Gasteiger partial charge >= 0.3 is 0 Å². The molecule has 680 valence electrons. The number of hydrogen-bond donors (Lipinski definition) is 4. The van der Waals surface area contributed by atoms with Crippen LogP contribution in [0.25, 0.3) is 87.6 Å². The minimum absolute atomic E-state index is 0.0355. The largest absolute Gasteiger partial charge is 0.507 e. The highest BCUT2D eigenvalue weighted by atomic mass is 35.5. The first kappa shape index (κ1) is 103. The van der Waals surface area contributed by atoms with E-state index in [9.17, 15) is 20.4 Å². The van der Waals surface area contributed by atoms with Gasteiger partial charge in [-0.05, 0) is 251 Å². The Morgan fingerprint density at radius 2 is 0.421 bits per heavy atom. The molecule has 0 atom stereocenters. The minimum Gasteiger partial charge on any atom is -0.507 e. The number of aromatic hydroxyl groups is 4. The van der Waals surface area contributed by atoms with Crippen molar-refractivity contribution in [3.8, 4) is 90.5 Å². The topological polar surface area (TPSA) is 134 Å². The smallest absolute Gasteiger partial charge is 0.264 e. The van der Waals surface area contributed by atoms with Crippen molar-refractivity contribution < 1.29 is 39.4 Å². The first-order chi connectivity index (χ1) is 60.6. The molecule has 4 N–H and O–H groups in total. The van der Waals surface area contributed by atoms with Gasteiger partial charge in [-0.3, -0.25) is 0 Å². The molecule has 0 bridgehead atoms. The lowest BCUT2D eigenvalue weighted by Gasteiger charge is -2.24. The van der Waals surface area contributed by atoms with E-state index in [0.29, 0.717) is 71.2 Å². The van der Waals surface area contributed by atoms with E-state index in [-0.39, 0.29) is 33.3 Å². The maximum atomic E-state index is 11.3. The lowest BCUT2D eigenvalue weighted by Crippen LogP contribution is -2.26. The molecular formula is C107H142ClN5O8S5. The van der Waals surface area contributed by atoms with Gasteiger partial charge in [0.25, 0.3) is 20.7 Å². The van der Waals surface area contributed by atoms with Crippen molar-refractivity contribution in [3.63, 3.8) is 0 Å². The molecule has 0 unspecified atom stereocenters. The summed E-state index contributed by atoms with van der Waals surface area (Å²) in [6.07, 6.45) is 45.1. The summed E-state index contributed by atoms with van der Waals surface area (Å²) in [6.45, 7) is 9.04. The number of halogens is 1. The van der Waals surface area contributed by atoms with E-state index in [4.69, 9.17) is 79.4 Å². The number of nitrogens with zero attached hydrogens (tertiary/aromatic N) is 5. The first-order valence-corrected chi connectivity index (χ1v) is 48.9. The van der Waals surface area contributed by atoms with Crippen LogP contribution < -0.4 is 18.9 Å². The average molecular weight is 1820 g/mol. The van der Waals surface area contributed by atoms with Gasteiger partial charge in [-0.25, -0.2) is 0 Å². The van der Waals surface area contributed by atoms with E-state index >= 15 is 0 Å². The second-order valence-corrected chi connectivity index (χ2v) is 37.4. The van der Waals surface area contributed by atoms with Crippen molar-refractivity contribution in [1.82, 2.24) is 24.5 Å². The van der Waals surface area contributed by atoms with Crippen molar-refractivity contribution in [1.29, 1.82) is 0 Å². The molecule has 0 saturated heterocycles. The Hall–Kier alpha value is -8.62. The Morgan fingerprint density at radius 3 is 0.651 bits per heavy atom. The van der Waals surface area contributed by atoms with Crippen LogP contribution in [0.1, 0.15) is 255 Å². The molecule has 0 aliphatic heterocycles. The Morgan fingerprint density at radius 1 is 0.230 bits per heavy atom. The van der Waals surface area contributed by atoms with Crippen LogP contribution in [0, 0.1) is 0 Å². The van der Waals surface area contributed by atoms with Crippen LogP contribution >= 0.6 is 72.7 Å². The number of phenols is 4. The summed E-state index contributed by atoms with van der Waals surface area (Å²) in [4.78, 5) is 8.77. The van der Waals surface area contributed by atoms with Gasteiger partial charge in [0.1, 0.15) is 46.0 Å². The molecule has 0 heterocycles. The molecule has 19 heteroatoms. The van der Waals surface area contributed by atoms with Crippen molar-refractivity contribution in [3.05, 3.63) is 168 Å². The molecule has 0 saturated carbocycles. The first-order valence-electron chi connectivity index (χ1n) is 46.5. The van der Waals surface area contributed by atoms with Crippen LogP contribution in [-0.4, -0.2) is 141 Å². The summed E-state index contributed by atoms with van der Waals surface area (Å²) in [5, 5.41) is 53.7. The van der Waals surface area contributed by atoms with Crippen LogP contribution in [0.5, 0.6) is 46.0 Å². The monoisotopic (exact) mass is 1820 g/mol. The normalized spacial score (nSPS) is 11.1. The van der Waals surface area contributed by atoms with Crippen molar-refractivity contribution in [2.75, 3.05) is 70.5 Å². The van der Waals surface area contributed by atoms with Gasteiger partial charge in [0.05, 0.1) is 0 Å².